The molecule has 1 aliphatic heterocycles. The summed E-state index contributed by atoms with van der Waals surface area (Å²) in [6, 6.07) is 7.26. The van der Waals surface area contributed by atoms with E-state index in [2.05, 4.69) is 4.98 Å². The zero-order valence-corrected chi connectivity index (χ0v) is 11.2. The summed E-state index contributed by atoms with van der Waals surface area (Å²) >= 11 is 0. The van der Waals surface area contributed by atoms with Crippen molar-refractivity contribution in [3.63, 3.8) is 0 Å². The van der Waals surface area contributed by atoms with Crippen molar-refractivity contribution in [2.45, 2.75) is 12.6 Å². The van der Waals surface area contributed by atoms with E-state index in [4.69, 9.17) is 9.47 Å². The lowest BCUT2D eigenvalue weighted by atomic mass is 10.1. The van der Waals surface area contributed by atoms with E-state index in [1.807, 2.05) is 0 Å². The van der Waals surface area contributed by atoms with E-state index in [1.165, 1.54) is 24.3 Å². The first kappa shape index (κ1) is 14.4. The Kier molecular flexibility index (Phi) is 3.48. The fourth-order valence-corrected chi connectivity index (χ4v) is 2.01. The van der Waals surface area contributed by atoms with E-state index in [-0.39, 0.29) is 29.9 Å². The van der Waals surface area contributed by atoms with Gasteiger partial charge >= 0.3 is 6.18 Å². The normalized spacial score (nSPS) is 14.2. The molecule has 0 saturated carbocycles. The molecule has 4 nitrogen and oxygen atoms in total. The molecule has 3 rings (SSSR count). The third-order valence-electron chi connectivity index (χ3n) is 3.11. The number of ketones is 1. The lowest BCUT2D eigenvalue weighted by Gasteiger charge is -2.15. The summed E-state index contributed by atoms with van der Waals surface area (Å²) in [6.07, 6.45) is -4.09. The van der Waals surface area contributed by atoms with Gasteiger partial charge in [0.25, 0.3) is 0 Å². The van der Waals surface area contributed by atoms with Crippen LogP contribution in [-0.4, -0.2) is 17.4 Å². The maximum atomic E-state index is 12.5. The molecule has 0 N–H and O–H groups in total. The average Bonchev–Trinajstić information content (AvgIpc) is 2.47. The van der Waals surface area contributed by atoms with Crippen LogP contribution in [-0.2, 0) is 6.18 Å². The summed E-state index contributed by atoms with van der Waals surface area (Å²) in [6.45, 7) is 0.253. The molecule has 1 aromatic carbocycles. The van der Waals surface area contributed by atoms with E-state index in [0.717, 1.165) is 12.1 Å². The van der Waals surface area contributed by atoms with Crippen molar-refractivity contribution >= 4 is 5.78 Å². The molecule has 0 atom stereocenters. The highest BCUT2D eigenvalue weighted by atomic mass is 19.4. The van der Waals surface area contributed by atoms with Gasteiger partial charge in [0.1, 0.15) is 5.75 Å². The van der Waals surface area contributed by atoms with Gasteiger partial charge in [-0.1, -0.05) is 0 Å². The number of aromatic nitrogens is 1. The van der Waals surface area contributed by atoms with Crippen LogP contribution < -0.4 is 9.47 Å². The topological polar surface area (TPSA) is 48.4 Å². The Labute approximate surface area is 123 Å². The van der Waals surface area contributed by atoms with Crippen molar-refractivity contribution in [1.82, 2.24) is 4.98 Å². The molecule has 0 unspecified atom stereocenters. The Morgan fingerprint density at radius 2 is 1.82 bits per heavy atom. The number of benzene rings is 1. The first-order valence-electron chi connectivity index (χ1n) is 6.45. The van der Waals surface area contributed by atoms with Gasteiger partial charge in [-0.3, -0.25) is 4.79 Å². The van der Waals surface area contributed by atoms with Crippen LogP contribution >= 0.6 is 0 Å². The molecule has 114 valence electrons. The number of halogens is 3. The lowest BCUT2D eigenvalue weighted by molar-refractivity contribution is -0.137. The number of fused-ring (bicyclic) bond motifs is 1. The van der Waals surface area contributed by atoms with Crippen LogP contribution in [0.25, 0.3) is 0 Å². The predicted molar refractivity (Wildman–Crippen MR) is 70.2 cm³/mol. The minimum Gasteiger partial charge on any atom is -0.477 e. The molecule has 7 heteroatoms. The monoisotopic (exact) mass is 309 g/mol. The first-order valence-corrected chi connectivity index (χ1v) is 6.45. The van der Waals surface area contributed by atoms with Crippen LogP contribution in [0.3, 0.4) is 0 Å². The van der Waals surface area contributed by atoms with E-state index < -0.39 is 11.7 Å². The standard InChI is InChI=1S/C15H10F3NO3/c16-15(17,18)9-1-3-10(4-2-9)22-13-6-5-11-12(20)7-8-21-14(11)19-13/h1-6H,7-8H2. The molecule has 1 aromatic heterocycles. The van der Waals surface area contributed by atoms with Crippen LogP contribution in [0.4, 0.5) is 13.2 Å². The second-order valence-corrected chi connectivity index (χ2v) is 4.65. The van der Waals surface area contributed by atoms with Gasteiger partial charge in [0.15, 0.2) is 5.78 Å². The highest BCUT2D eigenvalue weighted by Gasteiger charge is 2.30. The molecular weight excluding hydrogens is 299 g/mol. The minimum atomic E-state index is -4.39. The molecular formula is C15H10F3NO3. The molecule has 0 aliphatic carbocycles. The highest BCUT2D eigenvalue weighted by Crippen LogP contribution is 2.32. The summed E-state index contributed by atoms with van der Waals surface area (Å²) < 4.78 is 48.1. The van der Waals surface area contributed by atoms with E-state index in [0.29, 0.717) is 12.0 Å². The highest BCUT2D eigenvalue weighted by molar-refractivity contribution is 5.99. The quantitative estimate of drug-likeness (QED) is 0.845. The predicted octanol–water partition coefficient (Wildman–Crippen LogP) is 3.86. The Balaban J connectivity index is 1.80. The molecule has 2 heterocycles. The second-order valence-electron chi connectivity index (χ2n) is 4.65. The SMILES string of the molecule is O=C1CCOc2nc(Oc3ccc(C(F)(F)F)cc3)ccc21. The number of ether oxygens (including phenoxy) is 2. The molecule has 0 fully saturated rings. The third kappa shape index (κ3) is 2.88. The number of alkyl halides is 3. The number of nitrogens with zero attached hydrogens (tertiary/aromatic N) is 1. The fourth-order valence-electron chi connectivity index (χ4n) is 2.01. The van der Waals surface area contributed by atoms with Crippen molar-refractivity contribution in [2.24, 2.45) is 0 Å². The zero-order chi connectivity index (χ0) is 15.7. The average molecular weight is 309 g/mol. The van der Waals surface area contributed by atoms with Gasteiger partial charge in [0.05, 0.1) is 17.7 Å². The Hall–Kier alpha value is -2.57. The van der Waals surface area contributed by atoms with Crippen LogP contribution in [0.2, 0.25) is 0 Å². The maximum absolute atomic E-state index is 12.5. The Bertz CT molecular complexity index is 711. The number of pyridine rings is 1. The fraction of sp³-hybridized carbons (Fsp3) is 0.200. The van der Waals surface area contributed by atoms with E-state index >= 15 is 0 Å². The lowest BCUT2D eigenvalue weighted by Crippen LogP contribution is -2.16. The van der Waals surface area contributed by atoms with E-state index in [1.54, 1.807) is 0 Å². The molecule has 2 aromatic rings. The van der Waals surface area contributed by atoms with Gasteiger partial charge in [0.2, 0.25) is 11.8 Å². The van der Waals surface area contributed by atoms with Gasteiger partial charge in [-0.05, 0) is 30.3 Å². The van der Waals surface area contributed by atoms with E-state index in [9.17, 15) is 18.0 Å². The molecule has 22 heavy (non-hydrogen) atoms. The van der Waals surface area contributed by atoms with Crippen LogP contribution in [0.5, 0.6) is 17.5 Å². The second kappa shape index (κ2) is 5.32. The number of carbonyl (C=O) groups excluding carboxylic acids is 1. The van der Waals surface area contributed by atoms with Crippen molar-refractivity contribution in [1.29, 1.82) is 0 Å². The smallest absolute Gasteiger partial charge is 0.416 e. The van der Waals surface area contributed by atoms with Crippen LogP contribution in [0, 0.1) is 0 Å². The van der Waals surface area contributed by atoms with Gasteiger partial charge in [0, 0.05) is 12.5 Å². The van der Waals surface area contributed by atoms with Crippen LogP contribution in [0.1, 0.15) is 22.3 Å². The number of Topliss-reactive ketones (excluding diaryl/α,β-unsaturated/α-hetero) is 1. The van der Waals surface area contributed by atoms with Crippen molar-refractivity contribution in [2.75, 3.05) is 6.61 Å². The molecule has 0 bridgehead atoms. The summed E-state index contributed by atoms with van der Waals surface area (Å²) in [4.78, 5) is 15.7. The zero-order valence-electron chi connectivity index (χ0n) is 11.2. The van der Waals surface area contributed by atoms with Gasteiger partial charge in [-0.25, -0.2) is 0 Å². The molecule has 0 spiro atoms. The summed E-state index contributed by atoms with van der Waals surface area (Å²) in [5.74, 6) is 0.478. The number of rotatable bonds is 2. The largest absolute Gasteiger partial charge is 0.477 e. The summed E-state index contributed by atoms with van der Waals surface area (Å²) in [5.41, 5.74) is -0.377. The minimum absolute atomic E-state index is 0.0603. The van der Waals surface area contributed by atoms with Crippen molar-refractivity contribution < 1.29 is 27.4 Å². The molecule has 1 aliphatic rings. The van der Waals surface area contributed by atoms with Crippen LogP contribution in [0.15, 0.2) is 36.4 Å². The first-order chi connectivity index (χ1) is 10.4. The van der Waals surface area contributed by atoms with Gasteiger partial charge in [-0.2, -0.15) is 18.2 Å². The number of hydrogen-bond acceptors (Lipinski definition) is 4. The van der Waals surface area contributed by atoms with Gasteiger partial charge < -0.3 is 9.47 Å². The Morgan fingerprint density at radius 3 is 2.50 bits per heavy atom. The third-order valence-corrected chi connectivity index (χ3v) is 3.11. The number of hydrogen-bond donors (Lipinski definition) is 0. The van der Waals surface area contributed by atoms with Crippen molar-refractivity contribution in [3.05, 3.63) is 47.5 Å². The molecule has 0 amide bonds. The Morgan fingerprint density at radius 1 is 1.09 bits per heavy atom. The molecule has 0 saturated heterocycles. The molecule has 0 radical (unpaired) electrons. The van der Waals surface area contributed by atoms with Gasteiger partial charge in [-0.15, -0.1) is 0 Å². The summed E-state index contributed by atoms with van der Waals surface area (Å²) in [5, 5.41) is 0. The van der Waals surface area contributed by atoms with Crippen molar-refractivity contribution in [3.8, 4) is 17.5 Å². The summed E-state index contributed by atoms with van der Waals surface area (Å²) in [7, 11) is 0. The maximum Gasteiger partial charge on any atom is 0.416 e. The number of carbonyl (C=O) groups is 1.